The molecule has 1 amide bonds. The van der Waals surface area contributed by atoms with Crippen molar-refractivity contribution in [3.63, 3.8) is 0 Å². The summed E-state index contributed by atoms with van der Waals surface area (Å²) in [5.41, 5.74) is 2.45. The van der Waals surface area contributed by atoms with Gasteiger partial charge in [-0.25, -0.2) is 4.68 Å². The minimum absolute atomic E-state index is 0.0867. The Hall–Kier alpha value is -3.10. The first kappa shape index (κ1) is 14.8. The fourth-order valence-electron chi connectivity index (χ4n) is 2.29. The average Bonchev–Trinajstić information content (AvgIpc) is 3.27. The van der Waals surface area contributed by atoms with Crippen molar-refractivity contribution in [2.45, 2.75) is 19.4 Å². The van der Waals surface area contributed by atoms with Gasteiger partial charge in [0.2, 0.25) is 11.7 Å². The third-order valence-corrected chi connectivity index (χ3v) is 3.55. The summed E-state index contributed by atoms with van der Waals surface area (Å²) in [6.45, 7) is 1.93. The van der Waals surface area contributed by atoms with Crippen LogP contribution >= 0.6 is 0 Å². The van der Waals surface area contributed by atoms with Crippen molar-refractivity contribution in [3.8, 4) is 22.6 Å². The molecule has 0 saturated carbocycles. The summed E-state index contributed by atoms with van der Waals surface area (Å²) in [5.74, 6) is 0.447. The number of hydrogen-bond donors (Lipinski definition) is 2. The van der Waals surface area contributed by atoms with Crippen LogP contribution in [0.25, 0.3) is 22.6 Å². The zero-order chi connectivity index (χ0) is 16.2. The molecule has 2 N–H and O–H groups in total. The van der Waals surface area contributed by atoms with Crippen molar-refractivity contribution in [1.29, 1.82) is 0 Å². The molecule has 1 atom stereocenters. The molecule has 9 nitrogen and oxygen atoms in total. The first-order valence-corrected chi connectivity index (χ1v) is 7.20. The fraction of sp³-hybridized carbons (Fsp3) is 0.286. The highest BCUT2D eigenvalue weighted by molar-refractivity contribution is 5.79. The van der Waals surface area contributed by atoms with E-state index < -0.39 is 0 Å². The largest absolute Gasteiger partial charge is 0.357 e. The number of nitrogens with one attached hydrogen (secondary N) is 2. The number of aromatic nitrogens is 7. The van der Waals surface area contributed by atoms with Gasteiger partial charge in [-0.15, -0.1) is 15.3 Å². The Kier molecular flexibility index (Phi) is 4.09. The molecule has 23 heavy (non-hydrogen) atoms. The van der Waals surface area contributed by atoms with Crippen molar-refractivity contribution >= 4 is 5.91 Å². The number of aromatic amines is 1. The van der Waals surface area contributed by atoms with Crippen LogP contribution in [0.3, 0.4) is 0 Å². The Morgan fingerprint density at radius 3 is 2.61 bits per heavy atom. The van der Waals surface area contributed by atoms with Crippen LogP contribution in [0.2, 0.25) is 0 Å². The van der Waals surface area contributed by atoms with Crippen LogP contribution < -0.4 is 5.32 Å². The summed E-state index contributed by atoms with van der Waals surface area (Å²) in [6, 6.07) is 7.21. The van der Waals surface area contributed by atoms with E-state index in [4.69, 9.17) is 0 Å². The van der Waals surface area contributed by atoms with Crippen LogP contribution in [0.4, 0.5) is 0 Å². The van der Waals surface area contributed by atoms with E-state index in [1.165, 1.54) is 0 Å². The zero-order valence-corrected chi connectivity index (χ0v) is 12.8. The second-order valence-corrected chi connectivity index (χ2v) is 4.93. The van der Waals surface area contributed by atoms with E-state index in [-0.39, 0.29) is 11.9 Å². The maximum Gasteiger partial charge on any atom is 0.244 e. The summed E-state index contributed by atoms with van der Waals surface area (Å²) in [5, 5.41) is 24.7. The van der Waals surface area contributed by atoms with Crippen LogP contribution in [0, 0.1) is 0 Å². The smallest absolute Gasteiger partial charge is 0.244 e. The molecule has 0 saturated heterocycles. The summed E-state index contributed by atoms with van der Waals surface area (Å²) < 4.78 is 1.58. The van der Waals surface area contributed by atoms with Gasteiger partial charge in [0, 0.05) is 18.2 Å². The number of H-pyrrole nitrogens is 1. The van der Waals surface area contributed by atoms with Gasteiger partial charge in [0.15, 0.2) is 0 Å². The van der Waals surface area contributed by atoms with Crippen molar-refractivity contribution in [3.05, 3.63) is 30.5 Å². The number of hydrogen-bond acceptors (Lipinski definition) is 6. The van der Waals surface area contributed by atoms with E-state index >= 15 is 0 Å². The molecular formula is C14H16N8O. The highest BCUT2D eigenvalue weighted by atomic mass is 16.2. The summed E-state index contributed by atoms with van der Waals surface area (Å²) in [7, 11) is 1.61. The zero-order valence-electron chi connectivity index (χ0n) is 12.8. The molecule has 3 rings (SSSR count). The Bertz CT molecular complexity index is 777. The van der Waals surface area contributed by atoms with Gasteiger partial charge in [0.05, 0.1) is 6.20 Å². The topological polar surface area (TPSA) is 114 Å². The number of carbonyl (C=O) groups is 1. The standard InChI is InChI=1S/C14H16N8O/c1-3-12(14(23)15-2)22-8-11(16-21-22)9-4-6-10(7-5-9)13-17-19-20-18-13/h4-8,12H,3H2,1-2H3,(H,15,23)(H,17,18,19,20). The van der Waals surface area contributed by atoms with Gasteiger partial charge >= 0.3 is 0 Å². The Morgan fingerprint density at radius 2 is 2.00 bits per heavy atom. The lowest BCUT2D eigenvalue weighted by atomic mass is 10.1. The summed E-state index contributed by atoms with van der Waals surface area (Å²) >= 11 is 0. The molecule has 0 aliphatic rings. The highest BCUT2D eigenvalue weighted by Crippen LogP contribution is 2.22. The second kappa shape index (κ2) is 6.34. The number of nitrogens with zero attached hydrogens (tertiary/aromatic N) is 6. The lowest BCUT2D eigenvalue weighted by molar-refractivity contribution is -0.124. The molecule has 1 unspecified atom stereocenters. The van der Waals surface area contributed by atoms with Crippen LogP contribution in [0.15, 0.2) is 30.5 Å². The fourth-order valence-corrected chi connectivity index (χ4v) is 2.29. The Morgan fingerprint density at radius 1 is 1.26 bits per heavy atom. The maximum absolute atomic E-state index is 11.8. The number of likely N-dealkylation sites (N-methyl/N-ethyl adjacent to an activating group) is 1. The molecule has 0 spiro atoms. The number of carbonyl (C=O) groups excluding carboxylic acids is 1. The molecule has 2 aromatic heterocycles. The SMILES string of the molecule is CCC(C(=O)NC)n1cc(-c2ccc(-c3nn[nH]n3)cc2)nn1. The second-order valence-electron chi connectivity index (χ2n) is 4.93. The minimum atomic E-state index is -0.361. The quantitative estimate of drug-likeness (QED) is 0.721. The molecule has 0 bridgehead atoms. The van der Waals surface area contributed by atoms with E-state index in [0.717, 1.165) is 11.1 Å². The van der Waals surface area contributed by atoms with Crippen LogP contribution in [0.1, 0.15) is 19.4 Å². The first-order valence-electron chi connectivity index (χ1n) is 7.20. The lowest BCUT2D eigenvalue weighted by Gasteiger charge is -2.12. The van der Waals surface area contributed by atoms with Crippen LogP contribution in [-0.2, 0) is 4.79 Å². The van der Waals surface area contributed by atoms with E-state index in [0.29, 0.717) is 17.9 Å². The molecule has 0 radical (unpaired) electrons. The molecule has 0 aliphatic carbocycles. The minimum Gasteiger partial charge on any atom is -0.357 e. The van der Waals surface area contributed by atoms with Gasteiger partial charge in [-0.2, -0.15) is 5.21 Å². The maximum atomic E-state index is 11.8. The number of amides is 1. The van der Waals surface area contributed by atoms with Gasteiger partial charge in [-0.1, -0.05) is 36.4 Å². The molecule has 0 fully saturated rings. The molecule has 2 heterocycles. The predicted molar refractivity (Wildman–Crippen MR) is 82.0 cm³/mol. The lowest BCUT2D eigenvalue weighted by Crippen LogP contribution is -2.29. The number of benzene rings is 1. The summed E-state index contributed by atoms with van der Waals surface area (Å²) in [6.07, 6.45) is 2.41. The van der Waals surface area contributed by atoms with E-state index in [1.807, 2.05) is 31.2 Å². The number of tetrazole rings is 1. The average molecular weight is 312 g/mol. The van der Waals surface area contributed by atoms with Crippen molar-refractivity contribution in [2.75, 3.05) is 7.05 Å². The third-order valence-electron chi connectivity index (χ3n) is 3.55. The monoisotopic (exact) mass is 312 g/mol. The summed E-state index contributed by atoms with van der Waals surface area (Å²) in [4.78, 5) is 11.8. The van der Waals surface area contributed by atoms with Crippen molar-refractivity contribution < 1.29 is 4.79 Å². The predicted octanol–water partition coefficient (Wildman–Crippen LogP) is 0.822. The van der Waals surface area contributed by atoms with Gasteiger partial charge in [-0.3, -0.25) is 4.79 Å². The van der Waals surface area contributed by atoms with Crippen LogP contribution in [0.5, 0.6) is 0 Å². The highest BCUT2D eigenvalue weighted by Gasteiger charge is 2.19. The molecule has 118 valence electrons. The number of rotatable bonds is 5. The molecular weight excluding hydrogens is 296 g/mol. The van der Waals surface area contributed by atoms with Crippen LogP contribution in [-0.4, -0.2) is 48.6 Å². The van der Waals surface area contributed by atoms with E-state index in [9.17, 15) is 4.79 Å². The molecule has 3 aromatic rings. The van der Waals surface area contributed by atoms with Crippen molar-refractivity contribution in [2.24, 2.45) is 0 Å². The Labute approximate surface area is 132 Å². The third kappa shape index (κ3) is 2.93. The normalized spacial score (nSPS) is 12.1. The molecule has 0 aliphatic heterocycles. The van der Waals surface area contributed by atoms with Gasteiger partial charge in [0.1, 0.15) is 11.7 Å². The molecule has 9 heteroatoms. The van der Waals surface area contributed by atoms with Gasteiger partial charge in [-0.05, 0) is 11.6 Å². The van der Waals surface area contributed by atoms with Gasteiger partial charge < -0.3 is 5.32 Å². The van der Waals surface area contributed by atoms with Crippen molar-refractivity contribution in [1.82, 2.24) is 40.9 Å². The van der Waals surface area contributed by atoms with E-state index in [2.05, 4.69) is 36.3 Å². The first-order chi connectivity index (χ1) is 11.2. The van der Waals surface area contributed by atoms with Gasteiger partial charge in [0.25, 0.3) is 0 Å². The molecule has 1 aromatic carbocycles. The van der Waals surface area contributed by atoms with E-state index in [1.54, 1.807) is 17.9 Å². The Balaban J connectivity index is 1.84.